The summed E-state index contributed by atoms with van der Waals surface area (Å²) in [6.07, 6.45) is 1.92. The third-order valence-electron chi connectivity index (χ3n) is 1.96. The molecule has 1 aromatic carbocycles. The van der Waals surface area contributed by atoms with Gasteiger partial charge in [0.15, 0.2) is 0 Å². The van der Waals surface area contributed by atoms with Gasteiger partial charge in [-0.25, -0.2) is 4.98 Å². The highest BCUT2D eigenvalue weighted by atomic mass is 16.6. The van der Waals surface area contributed by atoms with Gasteiger partial charge in [0.05, 0.1) is 4.92 Å². The normalized spacial score (nSPS) is 10.1. The molecule has 0 aliphatic heterocycles. The molecule has 0 unspecified atom stereocenters. The Morgan fingerprint density at radius 1 is 1.47 bits per heavy atom. The molecule has 1 aromatic heterocycles. The second-order valence-electron chi connectivity index (χ2n) is 3.04. The van der Waals surface area contributed by atoms with Crippen LogP contribution in [0.3, 0.4) is 0 Å². The second kappa shape index (κ2) is 3.87. The van der Waals surface area contributed by atoms with E-state index in [2.05, 4.69) is 15.2 Å². The topological polar surface area (TPSA) is 84.7 Å². The monoisotopic (exact) mass is 204 g/mol. The molecule has 1 heterocycles. The molecule has 76 valence electrons. The van der Waals surface area contributed by atoms with Gasteiger partial charge in [0, 0.05) is 18.6 Å². The van der Waals surface area contributed by atoms with Crippen LogP contribution in [-0.4, -0.2) is 20.1 Å². The van der Waals surface area contributed by atoms with E-state index in [1.165, 1.54) is 18.5 Å². The van der Waals surface area contributed by atoms with Crippen molar-refractivity contribution < 1.29 is 4.92 Å². The van der Waals surface area contributed by atoms with Crippen molar-refractivity contribution in [3.05, 3.63) is 52.1 Å². The first kappa shape index (κ1) is 9.32. The molecule has 0 radical (unpaired) electrons. The minimum atomic E-state index is -0.413. The molecule has 2 rings (SSSR count). The lowest BCUT2D eigenvalue weighted by molar-refractivity contribution is -0.384. The van der Waals surface area contributed by atoms with Crippen molar-refractivity contribution in [1.29, 1.82) is 0 Å². The van der Waals surface area contributed by atoms with E-state index in [1.54, 1.807) is 6.07 Å². The quantitative estimate of drug-likeness (QED) is 0.603. The zero-order chi connectivity index (χ0) is 10.7. The van der Waals surface area contributed by atoms with E-state index >= 15 is 0 Å². The van der Waals surface area contributed by atoms with Crippen molar-refractivity contribution in [1.82, 2.24) is 15.2 Å². The van der Waals surface area contributed by atoms with Crippen LogP contribution in [0.4, 0.5) is 5.69 Å². The summed E-state index contributed by atoms with van der Waals surface area (Å²) in [5, 5.41) is 16.9. The number of rotatable bonds is 3. The van der Waals surface area contributed by atoms with Crippen LogP contribution in [0, 0.1) is 10.1 Å². The molecule has 2 aromatic rings. The van der Waals surface area contributed by atoms with Crippen molar-refractivity contribution in [2.24, 2.45) is 0 Å². The highest BCUT2D eigenvalue weighted by molar-refractivity contribution is 5.35. The van der Waals surface area contributed by atoms with Gasteiger partial charge in [-0.2, -0.15) is 5.10 Å². The summed E-state index contributed by atoms with van der Waals surface area (Å²) in [6, 6.07) is 6.46. The Hall–Kier alpha value is -2.24. The predicted molar refractivity (Wildman–Crippen MR) is 52.3 cm³/mol. The molecule has 0 aliphatic carbocycles. The second-order valence-corrected chi connectivity index (χ2v) is 3.04. The Morgan fingerprint density at radius 3 is 3.00 bits per heavy atom. The third kappa shape index (κ3) is 2.16. The van der Waals surface area contributed by atoms with E-state index in [1.807, 2.05) is 6.07 Å². The van der Waals surface area contributed by atoms with Gasteiger partial charge in [-0.3, -0.25) is 15.2 Å². The number of nitrogens with zero attached hydrogens (tertiary/aromatic N) is 3. The van der Waals surface area contributed by atoms with Crippen molar-refractivity contribution >= 4 is 5.69 Å². The maximum absolute atomic E-state index is 10.5. The number of nitro benzene ring substituents is 1. The molecule has 15 heavy (non-hydrogen) atoms. The third-order valence-corrected chi connectivity index (χ3v) is 1.96. The number of hydrogen-bond donors (Lipinski definition) is 1. The van der Waals surface area contributed by atoms with Crippen LogP contribution < -0.4 is 0 Å². The average Bonchev–Trinajstić information content (AvgIpc) is 2.71. The zero-order valence-corrected chi connectivity index (χ0v) is 7.75. The molecular formula is C9H8N4O2. The van der Waals surface area contributed by atoms with Gasteiger partial charge in [-0.05, 0) is 5.56 Å². The van der Waals surface area contributed by atoms with Crippen molar-refractivity contribution in [2.45, 2.75) is 6.42 Å². The average molecular weight is 204 g/mol. The van der Waals surface area contributed by atoms with Gasteiger partial charge in [0.1, 0.15) is 12.2 Å². The minimum Gasteiger partial charge on any atom is -0.263 e. The molecule has 0 saturated carbocycles. The lowest BCUT2D eigenvalue weighted by Crippen LogP contribution is -1.93. The number of aromatic nitrogens is 3. The van der Waals surface area contributed by atoms with E-state index < -0.39 is 4.92 Å². The summed E-state index contributed by atoms with van der Waals surface area (Å²) in [7, 11) is 0. The highest BCUT2D eigenvalue weighted by Crippen LogP contribution is 2.14. The molecule has 0 fully saturated rings. The summed E-state index contributed by atoms with van der Waals surface area (Å²) in [4.78, 5) is 14.1. The van der Waals surface area contributed by atoms with Crippen molar-refractivity contribution in [3.63, 3.8) is 0 Å². The number of nitrogens with one attached hydrogen (secondary N) is 1. The molecular weight excluding hydrogens is 196 g/mol. The van der Waals surface area contributed by atoms with Crippen LogP contribution in [-0.2, 0) is 6.42 Å². The maximum Gasteiger partial charge on any atom is 0.269 e. The summed E-state index contributed by atoms with van der Waals surface area (Å²) in [6.45, 7) is 0. The van der Waals surface area contributed by atoms with Gasteiger partial charge in [-0.15, -0.1) is 0 Å². The Morgan fingerprint density at radius 2 is 2.33 bits per heavy atom. The minimum absolute atomic E-state index is 0.0898. The highest BCUT2D eigenvalue weighted by Gasteiger charge is 2.06. The van der Waals surface area contributed by atoms with Gasteiger partial charge in [-0.1, -0.05) is 12.1 Å². The van der Waals surface area contributed by atoms with Crippen LogP contribution in [0.15, 0.2) is 30.6 Å². The lowest BCUT2D eigenvalue weighted by atomic mass is 10.1. The van der Waals surface area contributed by atoms with E-state index in [0.29, 0.717) is 12.2 Å². The first-order valence-corrected chi connectivity index (χ1v) is 4.33. The number of nitro groups is 1. The van der Waals surface area contributed by atoms with E-state index in [-0.39, 0.29) is 5.69 Å². The Labute approximate surface area is 85.1 Å². The van der Waals surface area contributed by atoms with Crippen LogP contribution >= 0.6 is 0 Å². The van der Waals surface area contributed by atoms with Crippen LogP contribution in [0.1, 0.15) is 11.4 Å². The largest absolute Gasteiger partial charge is 0.269 e. The number of hydrogen-bond acceptors (Lipinski definition) is 4. The molecule has 0 bridgehead atoms. The van der Waals surface area contributed by atoms with Crippen LogP contribution in [0.5, 0.6) is 0 Å². The molecule has 0 amide bonds. The molecule has 0 spiro atoms. The summed E-state index contributed by atoms with van der Waals surface area (Å²) in [5.74, 6) is 0.690. The fourth-order valence-electron chi connectivity index (χ4n) is 1.29. The standard InChI is InChI=1S/C9H8N4O2/c14-13(15)8-3-1-2-7(4-8)5-9-10-6-11-12-9/h1-4,6H,5H2,(H,10,11,12). The summed E-state index contributed by atoms with van der Waals surface area (Å²) >= 11 is 0. The Balaban J connectivity index is 2.22. The lowest BCUT2D eigenvalue weighted by Gasteiger charge is -1.97. The number of H-pyrrole nitrogens is 1. The summed E-state index contributed by atoms with van der Waals surface area (Å²) in [5.41, 5.74) is 0.924. The van der Waals surface area contributed by atoms with Crippen molar-refractivity contribution in [2.75, 3.05) is 0 Å². The molecule has 1 N–H and O–H groups in total. The number of non-ortho nitro benzene ring substituents is 1. The van der Waals surface area contributed by atoms with E-state index in [4.69, 9.17) is 0 Å². The fourth-order valence-corrected chi connectivity index (χ4v) is 1.29. The van der Waals surface area contributed by atoms with Gasteiger partial charge in [0.25, 0.3) is 5.69 Å². The zero-order valence-electron chi connectivity index (χ0n) is 7.75. The van der Waals surface area contributed by atoms with Crippen LogP contribution in [0.2, 0.25) is 0 Å². The van der Waals surface area contributed by atoms with Gasteiger partial charge >= 0.3 is 0 Å². The smallest absolute Gasteiger partial charge is 0.263 e. The number of benzene rings is 1. The van der Waals surface area contributed by atoms with Crippen molar-refractivity contribution in [3.8, 4) is 0 Å². The first-order valence-electron chi connectivity index (χ1n) is 4.33. The maximum atomic E-state index is 10.5. The molecule has 6 nitrogen and oxygen atoms in total. The molecule has 0 atom stereocenters. The fraction of sp³-hybridized carbons (Fsp3) is 0.111. The Kier molecular flexibility index (Phi) is 2.40. The molecule has 0 aliphatic rings. The predicted octanol–water partition coefficient (Wildman–Crippen LogP) is 1.30. The van der Waals surface area contributed by atoms with Gasteiger partial charge in [0.2, 0.25) is 0 Å². The Bertz CT molecular complexity index is 467. The number of aromatic amines is 1. The van der Waals surface area contributed by atoms with E-state index in [9.17, 15) is 10.1 Å². The van der Waals surface area contributed by atoms with Gasteiger partial charge < -0.3 is 0 Å². The van der Waals surface area contributed by atoms with Crippen LogP contribution in [0.25, 0.3) is 0 Å². The van der Waals surface area contributed by atoms with E-state index in [0.717, 1.165) is 5.56 Å². The molecule has 6 heteroatoms. The summed E-state index contributed by atoms with van der Waals surface area (Å²) < 4.78 is 0. The molecule has 0 saturated heterocycles. The SMILES string of the molecule is O=[N+]([O-])c1cccc(Cc2ncn[nH]2)c1. The first-order chi connectivity index (χ1) is 7.25.